The van der Waals surface area contributed by atoms with Gasteiger partial charge in [0.2, 0.25) is 0 Å². The number of thiophene rings is 4. The summed E-state index contributed by atoms with van der Waals surface area (Å²) < 4.78 is 75.6. The van der Waals surface area contributed by atoms with E-state index in [2.05, 4.69) is 49.5 Å². The van der Waals surface area contributed by atoms with Crippen LogP contribution < -0.4 is 9.47 Å². The molecule has 8 nitrogen and oxygen atoms in total. The third-order valence-corrected chi connectivity index (χ3v) is 27.5. The molecule has 574 valence electrons. The molecule has 0 N–H and O–H groups in total. The Bertz CT molecular complexity index is 4040. The van der Waals surface area contributed by atoms with E-state index in [1.54, 1.807) is 34.8 Å². The van der Waals surface area contributed by atoms with Gasteiger partial charge in [0.1, 0.15) is 53.6 Å². The molecule has 4 aliphatic rings. The van der Waals surface area contributed by atoms with Crippen LogP contribution in [0.2, 0.25) is 0 Å². The Morgan fingerprint density at radius 3 is 0.963 bits per heavy atom. The average molecular weight is 1540 g/mol. The van der Waals surface area contributed by atoms with Crippen molar-refractivity contribution in [1.82, 2.24) is 0 Å². The largest absolute Gasteiger partial charge is 0.528 e. The summed E-state index contributed by atoms with van der Waals surface area (Å²) >= 11 is 6.41. The Morgan fingerprint density at radius 2 is 0.667 bits per heavy atom. The number of nitrogens with zero attached hydrogens (tertiary/aromatic N) is 4. The van der Waals surface area contributed by atoms with Crippen molar-refractivity contribution < 1.29 is 36.6 Å². The average Bonchev–Trinajstić information content (AvgIpc) is 1.55. The van der Waals surface area contributed by atoms with Gasteiger partial charge in [0.15, 0.2) is 34.8 Å². The van der Waals surface area contributed by atoms with Crippen molar-refractivity contribution in [1.29, 1.82) is 10.5 Å². The van der Waals surface area contributed by atoms with Crippen LogP contribution in [0.4, 0.5) is 17.6 Å². The summed E-state index contributed by atoms with van der Waals surface area (Å²) in [6.07, 6.45) is 54.0. The van der Waals surface area contributed by atoms with Crippen LogP contribution in [0.15, 0.2) is 71.1 Å². The van der Waals surface area contributed by atoms with Gasteiger partial charge in [0, 0.05) is 58.5 Å². The van der Waals surface area contributed by atoms with Crippen molar-refractivity contribution in [3.8, 4) is 52.9 Å². The number of unbranched alkanes of at least 4 members (excludes halogenated alkanes) is 36. The smallest absolute Gasteiger partial charge is 0.481 e. The van der Waals surface area contributed by atoms with Crippen LogP contribution >= 0.6 is 45.3 Å². The third kappa shape index (κ3) is 20.5. The number of hydrogen-bond acceptors (Lipinski definition) is 10. The van der Waals surface area contributed by atoms with Gasteiger partial charge >= 0.3 is 5.82 Å². The lowest BCUT2D eigenvalue weighted by atomic mass is 9.81. The number of benzene rings is 2. The fraction of sp³-hybridized carbons (Fsp3) is 0.543. The summed E-state index contributed by atoms with van der Waals surface area (Å²) in [6, 6.07) is 16.1. The Morgan fingerprint density at radius 1 is 0.389 bits per heavy atom. The van der Waals surface area contributed by atoms with Crippen molar-refractivity contribution in [2.24, 2.45) is 0 Å². The number of ketones is 2. The Kier molecular flexibility index (Phi) is 32.2. The van der Waals surface area contributed by atoms with Crippen LogP contribution in [0, 0.1) is 59.1 Å². The van der Waals surface area contributed by atoms with Gasteiger partial charge in [-0.25, -0.2) is 17.6 Å². The predicted molar refractivity (Wildman–Crippen MR) is 440 cm³/mol. The zero-order valence-electron chi connectivity index (χ0n) is 64.5. The summed E-state index contributed by atoms with van der Waals surface area (Å²) in [6.45, 7) is 25.0. The van der Waals surface area contributed by atoms with Gasteiger partial charge in [-0.1, -0.05) is 259 Å². The highest BCUT2D eigenvalue weighted by Gasteiger charge is 2.47. The SMILES string of the molecule is [C-]#[N+]C([N+]#[C-])=C1/C(=C/c2cc3c(s2)-c2sc(-c4cc5c(s4)-c4sc(/C=C6\C(=O)c7cc(F)c(F)cc7C6=C(C#N)C#N)cc4OC5(CCCCCCCCCCCC)CCCCCCCCCCCC)cc2C(CCCCCCCCCCCC)(CCCCCCCCCCCC)O3)C(=O)c2cc(F)c(F)cc21. The summed E-state index contributed by atoms with van der Waals surface area (Å²) in [4.78, 5) is 43.3. The second kappa shape index (κ2) is 41.7. The molecule has 6 heterocycles. The highest BCUT2D eigenvalue weighted by atomic mass is 32.1. The molecule has 2 aliphatic heterocycles. The minimum absolute atomic E-state index is 0.00426. The number of rotatable bonds is 47. The van der Waals surface area contributed by atoms with Gasteiger partial charge in [-0.15, -0.1) is 45.3 Å². The Balaban J connectivity index is 1.09. The zero-order valence-corrected chi connectivity index (χ0v) is 67.7. The van der Waals surface area contributed by atoms with Crippen molar-refractivity contribution in [3.63, 3.8) is 0 Å². The van der Waals surface area contributed by atoms with Gasteiger partial charge in [0.25, 0.3) is 0 Å². The number of hydrogen-bond donors (Lipinski definition) is 0. The molecule has 0 amide bonds. The van der Waals surface area contributed by atoms with Crippen LogP contribution in [-0.4, -0.2) is 11.6 Å². The van der Waals surface area contributed by atoms with Crippen LogP contribution in [0.25, 0.3) is 62.3 Å². The summed E-state index contributed by atoms with van der Waals surface area (Å²) in [5.41, 5.74) is 0.268. The first-order chi connectivity index (χ1) is 52.7. The minimum Gasteiger partial charge on any atom is -0.481 e. The van der Waals surface area contributed by atoms with Crippen LogP contribution in [0.5, 0.6) is 11.5 Å². The maximum absolute atomic E-state index is 15.1. The molecule has 0 saturated carbocycles. The van der Waals surface area contributed by atoms with E-state index in [0.717, 1.165) is 167 Å². The van der Waals surface area contributed by atoms with Crippen LogP contribution in [-0.2, 0) is 11.2 Å². The first-order valence-electron chi connectivity index (χ1n) is 41.2. The molecule has 2 aromatic carbocycles. The van der Waals surface area contributed by atoms with Gasteiger partial charge in [-0.05, 0) is 123 Å². The van der Waals surface area contributed by atoms with Crippen LogP contribution in [0.3, 0.4) is 0 Å². The molecule has 4 aromatic heterocycles. The molecular formula is C92H110F4N4O4S4. The number of fused-ring (bicyclic) bond motifs is 8. The van der Waals surface area contributed by atoms with E-state index in [0.29, 0.717) is 21.3 Å². The van der Waals surface area contributed by atoms with Gasteiger partial charge in [-0.3, -0.25) is 9.59 Å². The van der Waals surface area contributed by atoms with Crippen molar-refractivity contribution in [3.05, 3.63) is 160 Å². The minimum atomic E-state index is -1.20. The number of ether oxygens (including phenoxy) is 2. The van der Waals surface area contributed by atoms with Crippen molar-refractivity contribution >= 4 is 80.2 Å². The Hall–Kier alpha value is -7.18. The number of carbonyl (C=O) groups is 2. The first kappa shape index (κ1) is 83.3. The molecule has 2 aliphatic carbocycles. The molecule has 0 fully saturated rings. The highest BCUT2D eigenvalue weighted by Crippen LogP contribution is 2.62. The molecule has 108 heavy (non-hydrogen) atoms. The fourth-order valence-electron chi connectivity index (χ4n) is 16.6. The molecule has 0 saturated heterocycles. The van der Waals surface area contributed by atoms with E-state index in [1.165, 1.54) is 202 Å². The van der Waals surface area contributed by atoms with E-state index < -0.39 is 51.9 Å². The van der Waals surface area contributed by atoms with E-state index >= 15 is 13.2 Å². The predicted octanol–water partition coefficient (Wildman–Crippen LogP) is 30.8. The lowest BCUT2D eigenvalue weighted by Crippen LogP contribution is -2.35. The van der Waals surface area contributed by atoms with E-state index in [-0.39, 0.29) is 50.1 Å². The van der Waals surface area contributed by atoms with Gasteiger partial charge in [-0.2, -0.15) is 20.2 Å². The quantitative estimate of drug-likeness (QED) is 0.0124. The number of allylic oxidation sites excluding steroid dienone is 5. The second-order valence-corrected chi connectivity index (χ2v) is 34.9. The molecule has 0 unspecified atom stereocenters. The monoisotopic (exact) mass is 1540 g/mol. The van der Waals surface area contributed by atoms with Gasteiger partial charge < -0.3 is 9.47 Å². The fourth-order valence-corrected chi connectivity index (χ4v) is 21.5. The maximum atomic E-state index is 15.1. The number of halogens is 4. The van der Waals surface area contributed by atoms with Gasteiger partial charge in [0.05, 0.1) is 25.1 Å². The number of carbonyl (C=O) groups excluding carboxylic acids is 2. The molecule has 0 radical (unpaired) electrons. The summed E-state index contributed by atoms with van der Waals surface area (Å²) in [5.74, 6) is -4.97. The molecule has 16 heteroatoms. The lowest BCUT2D eigenvalue weighted by molar-refractivity contribution is 0.0394. The van der Waals surface area contributed by atoms with E-state index in [9.17, 15) is 24.5 Å². The van der Waals surface area contributed by atoms with Crippen molar-refractivity contribution in [2.45, 2.75) is 321 Å². The lowest BCUT2D eigenvalue weighted by Gasteiger charge is -2.38. The maximum Gasteiger partial charge on any atom is 0.528 e. The molecular weight excluding hydrogens is 1430 g/mol. The first-order valence-corrected chi connectivity index (χ1v) is 44.5. The van der Waals surface area contributed by atoms with E-state index in [1.807, 2.05) is 24.3 Å². The molecule has 6 aromatic rings. The summed E-state index contributed by atoms with van der Waals surface area (Å²) in [5, 5.41) is 20.6. The standard InChI is InChI=1S/C92H110F4N4O4S4/c1-7-11-15-19-23-27-31-35-39-43-47-91(48-44-40-36-32-28-24-20-16-12-8-2)72-59-80(107-86(72)88-78(103-91)53-64(105-88)51-70-82(63(61-97)62-98)66-55-74(93)76(95)57-68(66)84(70)101)81-60-73-87(108-81)89-79(54-65(106-89)52-71-83(90(99-5)100-6)67-56-75(94)77(96)58-69(67)85(71)102)104-92(73,49-45-41-37-33-29-25-21-17-13-9-3)50-46-42-38-34-30-26-22-18-14-10-4/h51-60H,7-50H2,1-4H3/b70-51-,71-52-. The zero-order chi connectivity index (χ0) is 76.4. The second-order valence-electron chi connectivity index (χ2n) is 30.6. The Labute approximate surface area is 657 Å². The highest BCUT2D eigenvalue weighted by molar-refractivity contribution is 7.29. The molecule has 0 bridgehead atoms. The number of Topliss-reactive ketones (excluding diaryl/α,β-unsaturated/α-hetero) is 2. The van der Waals surface area contributed by atoms with Crippen molar-refractivity contribution in [2.75, 3.05) is 0 Å². The summed E-state index contributed by atoms with van der Waals surface area (Å²) in [7, 11) is 0. The van der Waals surface area contributed by atoms with Crippen LogP contribution in [0.1, 0.15) is 363 Å². The molecule has 0 spiro atoms. The normalized spacial score (nSPS) is 14.9. The topological polar surface area (TPSA) is 109 Å². The number of nitriles is 2. The third-order valence-electron chi connectivity index (χ3n) is 22.5. The molecule has 10 rings (SSSR count). The van der Waals surface area contributed by atoms with E-state index in [4.69, 9.17) is 22.6 Å². The molecule has 0 atom stereocenters.